The van der Waals surface area contributed by atoms with Crippen molar-refractivity contribution in [1.29, 1.82) is 0 Å². The molecule has 0 aliphatic carbocycles. The van der Waals surface area contributed by atoms with Crippen LogP contribution in [0.25, 0.3) is 0 Å². The van der Waals surface area contributed by atoms with E-state index < -0.39 is 12.1 Å². The summed E-state index contributed by atoms with van der Waals surface area (Å²) in [5.41, 5.74) is 0. The number of ether oxygens (including phenoxy) is 1. The van der Waals surface area contributed by atoms with E-state index in [-0.39, 0.29) is 5.97 Å². The van der Waals surface area contributed by atoms with Crippen LogP contribution in [0.5, 0.6) is 0 Å². The molecule has 19 heavy (non-hydrogen) atoms. The van der Waals surface area contributed by atoms with Crippen LogP contribution in [-0.4, -0.2) is 42.4 Å². The fraction of sp³-hybridized carbons (Fsp3) is 0.818. The zero-order valence-corrected chi connectivity index (χ0v) is 10.8. The highest BCUT2D eigenvalue weighted by atomic mass is 19.4. The van der Waals surface area contributed by atoms with Gasteiger partial charge in [-0.15, -0.1) is 0 Å². The Labute approximate surface area is 109 Å². The first-order valence-electron chi connectivity index (χ1n) is 5.79. The predicted octanol–water partition coefficient (Wildman–Crippen LogP) is 1.57. The monoisotopic (exact) mass is 285 g/mol. The summed E-state index contributed by atoms with van der Waals surface area (Å²) >= 11 is 0. The van der Waals surface area contributed by atoms with Crippen LogP contribution in [-0.2, 0) is 14.3 Å². The maximum Gasteiger partial charge on any atom is 0.490 e. The summed E-state index contributed by atoms with van der Waals surface area (Å²) in [5.74, 6) is -2.19. The Bertz CT molecular complexity index is 307. The van der Waals surface area contributed by atoms with Gasteiger partial charge in [0.1, 0.15) is 6.61 Å². The Morgan fingerprint density at radius 3 is 2.32 bits per heavy atom. The minimum atomic E-state index is -5.08. The second-order valence-corrected chi connectivity index (χ2v) is 4.39. The van der Waals surface area contributed by atoms with Crippen molar-refractivity contribution < 1.29 is 32.6 Å². The van der Waals surface area contributed by atoms with Crippen LogP contribution in [0.1, 0.15) is 26.7 Å². The Kier molecular flexibility index (Phi) is 7.43. The minimum Gasteiger partial charge on any atom is -0.475 e. The van der Waals surface area contributed by atoms with Crippen LogP contribution in [0.3, 0.4) is 0 Å². The van der Waals surface area contributed by atoms with Crippen LogP contribution in [0, 0.1) is 5.92 Å². The molecule has 0 spiro atoms. The van der Waals surface area contributed by atoms with Gasteiger partial charge in [0.05, 0.1) is 0 Å². The van der Waals surface area contributed by atoms with Crippen LogP contribution >= 0.6 is 0 Å². The Hall–Kier alpha value is -1.31. The second kappa shape index (κ2) is 7.98. The van der Waals surface area contributed by atoms with Gasteiger partial charge in [0, 0.05) is 13.0 Å². The number of alkyl halides is 3. The highest BCUT2D eigenvalue weighted by Crippen LogP contribution is 2.15. The van der Waals surface area contributed by atoms with E-state index in [0.29, 0.717) is 12.6 Å². The summed E-state index contributed by atoms with van der Waals surface area (Å²) in [7, 11) is 0. The van der Waals surface area contributed by atoms with Gasteiger partial charge >= 0.3 is 18.1 Å². The van der Waals surface area contributed by atoms with Gasteiger partial charge in [-0.25, -0.2) is 4.79 Å². The summed E-state index contributed by atoms with van der Waals surface area (Å²) in [5, 5.41) is 10.5. The van der Waals surface area contributed by atoms with E-state index >= 15 is 0 Å². The quantitative estimate of drug-likeness (QED) is 0.753. The fourth-order valence-corrected chi connectivity index (χ4v) is 1.57. The SMILES string of the molecule is CC(=O)OC[C@H]1C[C@@H](C)CCN1.O=C(O)C(F)(F)F. The van der Waals surface area contributed by atoms with Gasteiger partial charge in [0.2, 0.25) is 0 Å². The van der Waals surface area contributed by atoms with Crippen LogP contribution in [0.2, 0.25) is 0 Å². The van der Waals surface area contributed by atoms with E-state index in [1.165, 1.54) is 13.3 Å². The van der Waals surface area contributed by atoms with Crippen molar-refractivity contribution >= 4 is 11.9 Å². The lowest BCUT2D eigenvalue weighted by molar-refractivity contribution is -0.192. The van der Waals surface area contributed by atoms with Crippen molar-refractivity contribution in [2.24, 2.45) is 5.92 Å². The van der Waals surface area contributed by atoms with E-state index in [1.807, 2.05) is 0 Å². The molecular formula is C11H18F3NO4. The van der Waals surface area contributed by atoms with Gasteiger partial charge in [-0.3, -0.25) is 4.79 Å². The first-order chi connectivity index (χ1) is 8.62. The lowest BCUT2D eigenvalue weighted by Crippen LogP contribution is -2.40. The summed E-state index contributed by atoms with van der Waals surface area (Å²) in [6.45, 7) is 5.26. The first kappa shape index (κ1) is 17.7. The number of hydrogen-bond donors (Lipinski definition) is 2. The number of aliphatic carboxylic acids is 1. The summed E-state index contributed by atoms with van der Waals surface area (Å²) in [6.07, 6.45) is -2.73. The van der Waals surface area contributed by atoms with Gasteiger partial charge in [-0.1, -0.05) is 6.92 Å². The molecule has 5 nitrogen and oxygen atoms in total. The Morgan fingerprint density at radius 2 is 1.95 bits per heavy atom. The molecule has 0 aromatic rings. The van der Waals surface area contributed by atoms with Gasteiger partial charge in [-0.05, 0) is 25.3 Å². The van der Waals surface area contributed by atoms with E-state index in [1.54, 1.807) is 0 Å². The zero-order chi connectivity index (χ0) is 15.1. The smallest absolute Gasteiger partial charge is 0.475 e. The Morgan fingerprint density at radius 1 is 1.42 bits per heavy atom. The molecule has 0 aromatic carbocycles. The maximum atomic E-state index is 10.6. The number of hydrogen-bond acceptors (Lipinski definition) is 4. The lowest BCUT2D eigenvalue weighted by atomic mass is 9.95. The number of esters is 1. The normalized spacial score (nSPS) is 23.0. The Balaban J connectivity index is 0.000000399. The van der Waals surface area contributed by atoms with E-state index in [2.05, 4.69) is 12.2 Å². The average Bonchev–Trinajstić information content (AvgIpc) is 2.26. The molecule has 0 radical (unpaired) electrons. The molecule has 2 atom stereocenters. The van der Waals surface area contributed by atoms with Crippen LogP contribution < -0.4 is 5.32 Å². The first-order valence-corrected chi connectivity index (χ1v) is 5.79. The molecule has 0 unspecified atom stereocenters. The van der Waals surface area contributed by atoms with Gasteiger partial charge in [0.25, 0.3) is 0 Å². The standard InChI is InChI=1S/C9H17NO2.C2HF3O2/c1-7-3-4-10-9(5-7)6-12-8(2)11;3-2(4,5)1(6)7/h7,9-10H,3-6H2,1-2H3;(H,6,7)/t7-,9+;/m0./s1. The molecule has 0 saturated carbocycles. The number of carbonyl (C=O) groups excluding carboxylic acids is 1. The maximum absolute atomic E-state index is 10.6. The molecule has 0 bridgehead atoms. The van der Waals surface area contributed by atoms with Crippen molar-refractivity contribution in [2.75, 3.05) is 13.2 Å². The summed E-state index contributed by atoms with van der Waals surface area (Å²) in [4.78, 5) is 19.4. The lowest BCUT2D eigenvalue weighted by Gasteiger charge is -2.27. The number of carboxylic acids is 1. The largest absolute Gasteiger partial charge is 0.490 e. The number of rotatable bonds is 2. The van der Waals surface area contributed by atoms with Crippen LogP contribution in [0.4, 0.5) is 13.2 Å². The van der Waals surface area contributed by atoms with E-state index in [4.69, 9.17) is 14.6 Å². The minimum absolute atomic E-state index is 0.185. The molecule has 1 aliphatic heterocycles. The number of carboxylic acid groups (broad SMARTS) is 1. The van der Waals surface area contributed by atoms with Crippen molar-refractivity contribution in [3.63, 3.8) is 0 Å². The number of carbonyl (C=O) groups is 2. The van der Waals surface area contributed by atoms with Gasteiger partial charge in [-0.2, -0.15) is 13.2 Å². The van der Waals surface area contributed by atoms with Gasteiger partial charge < -0.3 is 15.2 Å². The molecule has 1 saturated heterocycles. The van der Waals surface area contributed by atoms with Crippen molar-refractivity contribution in [2.45, 2.75) is 38.9 Å². The highest BCUT2D eigenvalue weighted by Gasteiger charge is 2.38. The third-order valence-corrected chi connectivity index (χ3v) is 2.49. The average molecular weight is 285 g/mol. The second-order valence-electron chi connectivity index (χ2n) is 4.39. The predicted molar refractivity (Wildman–Crippen MR) is 60.5 cm³/mol. The number of halogens is 3. The molecule has 1 heterocycles. The molecule has 1 rings (SSSR count). The topological polar surface area (TPSA) is 75.6 Å². The zero-order valence-electron chi connectivity index (χ0n) is 10.8. The van der Waals surface area contributed by atoms with Gasteiger partial charge in [0.15, 0.2) is 0 Å². The van der Waals surface area contributed by atoms with Crippen molar-refractivity contribution in [3.05, 3.63) is 0 Å². The summed E-state index contributed by atoms with van der Waals surface area (Å²) in [6, 6.07) is 0.373. The number of piperidine rings is 1. The molecule has 2 N–H and O–H groups in total. The van der Waals surface area contributed by atoms with Crippen LogP contribution in [0.15, 0.2) is 0 Å². The van der Waals surface area contributed by atoms with E-state index in [9.17, 15) is 18.0 Å². The fourth-order valence-electron chi connectivity index (χ4n) is 1.57. The highest BCUT2D eigenvalue weighted by molar-refractivity contribution is 5.73. The van der Waals surface area contributed by atoms with Crippen molar-refractivity contribution in [3.8, 4) is 0 Å². The number of nitrogens with one attached hydrogen (secondary N) is 1. The van der Waals surface area contributed by atoms with Crippen molar-refractivity contribution in [1.82, 2.24) is 5.32 Å². The third kappa shape index (κ3) is 9.29. The molecule has 0 amide bonds. The van der Waals surface area contributed by atoms with E-state index in [0.717, 1.165) is 18.9 Å². The molecule has 1 fully saturated rings. The molecular weight excluding hydrogens is 267 g/mol. The molecule has 8 heteroatoms. The molecule has 1 aliphatic rings. The third-order valence-electron chi connectivity index (χ3n) is 2.49. The molecule has 0 aromatic heterocycles. The molecule has 112 valence electrons. The summed E-state index contributed by atoms with van der Waals surface area (Å²) < 4.78 is 36.7.